The van der Waals surface area contributed by atoms with Crippen LogP contribution >= 0.6 is 0 Å². The van der Waals surface area contributed by atoms with Crippen LogP contribution in [0.15, 0.2) is 40.9 Å². The molecule has 2 rings (SSSR count). The van der Waals surface area contributed by atoms with Crippen LogP contribution in [0.2, 0.25) is 0 Å². The lowest BCUT2D eigenvalue weighted by Crippen LogP contribution is -2.38. The fourth-order valence-corrected chi connectivity index (χ4v) is 2.82. The minimum absolute atomic E-state index is 0.323. The maximum atomic E-state index is 9.48. The topological polar surface area (TPSA) is 56.7 Å². The summed E-state index contributed by atoms with van der Waals surface area (Å²) in [6.07, 6.45) is 9.48. The van der Waals surface area contributed by atoms with Crippen molar-refractivity contribution in [2.75, 3.05) is 19.6 Å². The Morgan fingerprint density at radius 1 is 1.22 bits per heavy atom. The van der Waals surface area contributed by atoms with Gasteiger partial charge in [0.2, 0.25) is 0 Å². The zero-order valence-electron chi connectivity index (χ0n) is 14.1. The molecule has 0 heterocycles. The predicted molar refractivity (Wildman–Crippen MR) is 97.0 cm³/mol. The molecule has 0 aromatic heterocycles. The molecule has 4 heteroatoms. The largest absolute Gasteiger partial charge is 0.508 e. The normalized spacial score (nSPS) is 15.2. The first kappa shape index (κ1) is 17.4. The van der Waals surface area contributed by atoms with Gasteiger partial charge < -0.3 is 15.7 Å². The van der Waals surface area contributed by atoms with Crippen molar-refractivity contribution in [3.8, 4) is 5.75 Å². The van der Waals surface area contributed by atoms with Crippen LogP contribution in [0.3, 0.4) is 0 Å². The van der Waals surface area contributed by atoms with Gasteiger partial charge in [0.05, 0.1) is 0 Å². The van der Waals surface area contributed by atoms with Crippen molar-refractivity contribution in [3.63, 3.8) is 0 Å². The molecular weight excluding hydrogens is 286 g/mol. The van der Waals surface area contributed by atoms with Gasteiger partial charge in [0.15, 0.2) is 5.96 Å². The van der Waals surface area contributed by atoms with Crippen molar-refractivity contribution < 1.29 is 5.11 Å². The van der Waals surface area contributed by atoms with Gasteiger partial charge in [0, 0.05) is 19.6 Å². The van der Waals surface area contributed by atoms with Gasteiger partial charge in [-0.3, -0.25) is 4.99 Å². The van der Waals surface area contributed by atoms with E-state index >= 15 is 0 Å². The van der Waals surface area contributed by atoms with Crippen LogP contribution in [-0.2, 0) is 6.42 Å². The monoisotopic (exact) mass is 315 g/mol. The lowest BCUT2D eigenvalue weighted by atomic mass is 9.97. The molecule has 0 aliphatic heterocycles. The highest BCUT2D eigenvalue weighted by atomic mass is 16.3. The zero-order chi connectivity index (χ0) is 16.3. The maximum absolute atomic E-state index is 9.48. The molecule has 23 heavy (non-hydrogen) atoms. The van der Waals surface area contributed by atoms with E-state index in [9.17, 15) is 5.11 Å². The summed E-state index contributed by atoms with van der Waals surface area (Å²) in [5.41, 5.74) is 2.69. The highest BCUT2D eigenvalue weighted by Gasteiger charge is 2.03. The first-order valence-corrected chi connectivity index (χ1v) is 8.76. The van der Waals surface area contributed by atoms with E-state index in [0.717, 1.165) is 44.0 Å². The van der Waals surface area contributed by atoms with E-state index in [1.54, 1.807) is 17.7 Å². The average molecular weight is 315 g/mol. The summed E-state index contributed by atoms with van der Waals surface area (Å²) in [6.45, 7) is 4.59. The smallest absolute Gasteiger partial charge is 0.191 e. The van der Waals surface area contributed by atoms with Crippen molar-refractivity contribution >= 4 is 5.96 Å². The third-order valence-corrected chi connectivity index (χ3v) is 4.05. The van der Waals surface area contributed by atoms with Gasteiger partial charge in [-0.15, -0.1) is 0 Å². The minimum atomic E-state index is 0.323. The molecule has 0 spiro atoms. The zero-order valence-corrected chi connectivity index (χ0v) is 14.1. The molecule has 0 amide bonds. The fourth-order valence-electron chi connectivity index (χ4n) is 2.82. The summed E-state index contributed by atoms with van der Waals surface area (Å²) in [4.78, 5) is 4.66. The van der Waals surface area contributed by atoms with Crippen LogP contribution < -0.4 is 10.6 Å². The third-order valence-electron chi connectivity index (χ3n) is 4.05. The Labute approximate surface area is 139 Å². The van der Waals surface area contributed by atoms with E-state index in [1.165, 1.54) is 25.7 Å². The summed E-state index contributed by atoms with van der Waals surface area (Å²) >= 11 is 0. The number of nitrogens with one attached hydrogen (secondary N) is 2. The average Bonchev–Trinajstić information content (AvgIpc) is 2.56. The molecule has 0 saturated carbocycles. The molecule has 0 fully saturated rings. The molecule has 0 radical (unpaired) electrons. The van der Waals surface area contributed by atoms with Gasteiger partial charge in [-0.2, -0.15) is 0 Å². The molecule has 0 unspecified atom stereocenters. The van der Waals surface area contributed by atoms with Crippen molar-refractivity contribution in [1.82, 2.24) is 10.6 Å². The lowest BCUT2D eigenvalue weighted by Gasteiger charge is -2.13. The number of rotatable bonds is 7. The van der Waals surface area contributed by atoms with Gasteiger partial charge in [0.25, 0.3) is 0 Å². The van der Waals surface area contributed by atoms with Crippen LogP contribution in [0.25, 0.3) is 0 Å². The minimum Gasteiger partial charge on any atom is -0.508 e. The molecule has 1 aliphatic carbocycles. The number of aliphatic imine (C=N–C) groups is 1. The molecule has 4 nitrogen and oxygen atoms in total. The number of phenols is 1. The molecule has 0 atom stereocenters. The summed E-state index contributed by atoms with van der Waals surface area (Å²) in [6, 6.07) is 7.41. The molecule has 126 valence electrons. The predicted octanol–water partition coefficient (Wildman–Crippen LogP) is 3.38. The Kier molecular flexibility index (Phi) is 7.50. The Hall–Kier alpha value is -1.97. The Balaban J connectivity index is 1.75. The van der Waals surface area contributed by atoms with Gasteiger partial charge in [-0.25, -0.2) is 0 Å². The number of phenolic OH excluding ortho intramolecular Hbond substituents is 1. The summed E-state index contributed by atoms with van der Waals surface area (Å²) in [5, 5.41) is 16.1. The van der Waals surface area contributed by atoms with Gasteiger partial charge in [0.1, 0.15) is 5.75 Å². The van der Waals surface area contributed by atoms with Gasteiger partial charge in [-0.1, -0.05) is 23.8 Å². The van der Waals surface area contributed by atoms with Crippen LogP contribution in [0.4, 0.5) is 0 Å². The van der Waals surface area contributed by atoms with E-state index in [-0.39, 0.29) is 0 Å². The fraction of sp³-hybridized carbons (Fsp3) is 0.526. The molecule has 1 aromatic rings. The summed E-state index contributed by atoms with van der Waals surface area (Å²) in [5.74, 6) is 1.20. The van der Waals surface area contributed by atoms with Crippen LogP contribution in [0.5, 0.6) is 5.75 Å². The van der Waals surface area contributed by atoms with E-state index in [1.807, 2.05) is 12.1 Å². The second kappa shape index (κ2) is 9.93. The van der Waals surface area contributed by atoms with E-state index in [0.29, 0.717) is 5.75 Å². The Morgan fingerprint density at radius 3 is 2.87 bits per heavy atom. The second-order valence-electron chi connectivity index (χ2n) is 5.97. The SMILES string of the molecule is CCNC(=NCCC1=CCCCC1)NCCc1cccc(O)c1. The van der Waals surface area contributed by atoms with Crippen molar-refractivity contribution in [1.29, 1.82) is 0 Å². The standard InChI is InChI=1S/C19H29N3O/c1-2-20-19(21-13-11-16-7-4-3-5-8-16)22-14-12-17-9-6-10-18(23)15-17/h6-7,9-10,15,23H,2-5,8,11-14H2,1H3,(H2,20,21,22). The highest BCUT2D eigenvalue weighted by Crippen LogP contribution is 2.19. The van der Waals surface area contributed by atoms with Gasteiger partial charge in [-0.05, 0) is 63.1 Å². The number of benzene rings is 1. The highest BCUT2D eigenvalue weighted by molar-refractivity contribution is 5.79. The van der Waals surface area contributed by atoms with Crippen LogP contribution in [-0.4, -0.2) is 30.7 Å². The van der Waals surface area contributed by atoms with Crippen molar-refractivity contribution in [3.05, 3.63) is 41.5 Å². The number of nitrogens with zero attached hydrogens (tertiary/aromatic N) is 1. The van der Waals surface area contributed by atoms with E-state index in [2.05, 4.69) is 28.6 Å². The summed E-state index contributed by atoms with van der Waals surface area (Å²) < 4.78 is 0. The number of guanidine groups is 1. The molecule has 0 bridgehead atoms. The number of hydrogen-bond acceptors (Lipinski definition) is 2. The van der Waals surface area contributed by atoms with Gasteiger partial charge >= 0.3 is 0 Å². The van der Waals surface area contributed by atoms with Crippen LogP contribution in [0.1, 0.15) is 44.6 Å². The van der Waals surface area contributed by atoms with Crippen molar-refractivity contribution in [2.24, 2.45) is 4.99 Å². The molecule has 1 aliphatic rings. The summed E-state index contributed by atoms with van der Waals surface area (Å²) in [7, 11) is 0. The number of aromatic hydroxyl groups is 1. The first-order valence-electron chi connectivity index (χ1n) is 8.76. The van der Waals surface area contributed by atoms with E-state index in [4.69, 9.17) is 0 Å². The quantitative estimate of drug-likeness (QED) is 0.411. The number of allylic oxidation sites excluding steroid dienone is 1. The maximum Gasteiger partial charge on any atom is 0.191 e. The number of hydrogen-bond donors (Lipinski definition) is 3. The molecular formula is C19H29N3O. The first-order chi connectivity index (χ1) is 11.3. The molecule has 1 aromatic carbocycles. The Morgan fingerprint density at radius 2 is 2.13 bits per heavy atom. The van der Waals surface area contributed by atoms with Crippen molar-refractivity contribution in [2.45, 2.75) is 45.4 Å². The Bertz CT molecular complexity index is 537. The van der Waals surface area contributed by atoms with E-state index < -0.39 is 0 Å². The third kappa shape index (κ3) is 6.76. The van der Waals surface area contributed by atoms with Crippen LogP contribution in [0, 0.1) is 0 Å². The molecule has 3 N–H and O–H groups in total. The molecule has 0 saturated heterocycles. The lowest BCUT2D eigenvalue weighted by molar-refractivity contribution is 0.474. The second-order valence-corrected chi connectivity index (χ2v) is 5.97.